The molecule has 0 radical (unpaired) electrons. The summed E-state index contributed by atoms with van der Waals surface area (Å²) < 4.78 is 12.7. The summed E-state index contributed by atoms with van der Waals surface area (Å²) in [6.07, 6.45) is 1.25. The molecule has 0 aliphatic carbocycles. The summed E-state index contributed by atoms with van der Waals surface area (Å²) in [5.74, 6) is -0.443. The molecule has 3 heteroatoms. The van der Waals surface area contributed by atoms with E-state index < -0.39 is 0 Å². The highest BCUT2D eigenvalue weighted by Crippen LogP contribution is 2.21. The highest BCUT2D eigenvalue weighted by Gasteiger charge is 2.24. The Labute approximate surface area is 89.7 Å². The fourth-order valence-corrected chi connectivity index (χ4v) is 1.42. The molecule has 82 valence electrons. The van der Waals surface area contributed by atoms with Crippen molar-refractivity contribution in [1.29, 1.82) is 0 Å². The van der Waals surface area contributed by atoms with Crippen molar-refractivity contribution in [3.05, 3.63) is 35.1 Å². The average molecular weight is 209 g/mol. The van der Waals surface area contributed by atoms with Gasteiger partial charge in [-0.1, -0.05) is 26.3 Å². The number of hydrogen-bond acceptors (Lipinski definition) is 1. The first-order valence-corrected chi connectivity index (χ1v) is 5.14. The first-order valence-electron chi connectivity index (χ1n) is 5.14. The second kappa shape index (κ2) is 4.91. The van der Waals surface area contributed by atoms with Gasteiger partial charge in [0.15, 0.2) is 0 Å². The Bertz CT molecular complexity index is 363. The quantitative estimate of drug-likeness (QED) is 0.643. The molecule has 0 atom stereocenters. The zero-order valence-corrected chi connectivity index (χ0v) is 9.38. The molecule has 0 fully saturated rings. The van der Waals surface area contributed by atoms with E-state index in [2.05, 4.69) is 13.8 Å². The lowest BCUT2D eigenvalue weighted by atomic mass is 10.1. The minimum atomic E-state index is -0.350. The first-order chi connectivity index (χ1) is 7.10. The van der Waals surface area contributed by atoms with Crippen molar-refractivity contribution in [3.63, 3.8) is 0 Å². The number of carbonyl (C=O) groups excluding carboxylic acids is 1. The van der Waals surface area contributed by atoms with E-state index in [4.69, 9.17) is 0 Å². The second-order valence-corrected chi connectivity index (χ2v) is 3.67. The molecule has 2 rings (SSSR count). The Balaban J connectivity index is 0.000000337. The van der Waals surface area contributed by atoms with Gasteiger partial charge in [0.2, 0.25) is 0 Å². The monoisotopic (exact) mass is 209 g/mol. The summed E-state index contributed by atoms with van der Waals surface area (Å²) >= 11 is 0. The summed E-state index contributed by atoms with van der Waals surface area (Å²) in [6, 6.07) is 4.33. The minimum absolute atomic E-state index is 0.0931. The molecular weight excluding hydrogens is 193 g/mol. The molecular formula is C12H16FNO. The van der Waals surface area contributed by atoms with Crippen molar-refractivity contribution in [2.24, 2.45) is 0 Å². The normalized spacial score (nSPS) is 13.3. The molecule has 15 heavy (non-hydrogen) atoms. The van der Waals surface area contributed by atoms with E-state index in [9.17, 15) is 9.18 Å². The SMILES string of the molecule is CCC.CN1Cc2ccc(F)cc2C1=O. The summed E-state index contributed by atoms with van der Waals surface area (Å²) in [7, 11) is 1.71. The van der Waals surface area contributed by atoms with Gasteiger partial charge in [-0.25, -0.2) is 4.39 Å². The number of fused-ring (bicyclic) bond motifs is 1. The molecule has 2 nitrogen and oxygen atoms in total. The van der Waals surface area contributed by atoms with Crippen LogP contribution in [0, 0.1) is 5.82 Å². The van der Waals surface area contributed by atoms with Gasteiger partial charge in [-0.2, -0.15) is 0 Å². The zero-order valence-electron chi connectivity index (χ0n) is 9.38. The maximum atomic E-state index is 12.7. The van der Waals surface area contributed by atoms with Crippen molar-refractivity contribution in [2.45, 2.75) is 26.8 Å². The van der Waals surface area contributed by atoms with Gasteiger partial charge in [-0.05, 0) is 17.7 Å². The van der Waals surface area contributed by atoms with Gasteiger partial charge in [0, 0.05) is 19.2 Å². The van der Waals surface area contributed by atoms with Crippen LogP contribution in [-0.4, -0.2) is 17.9 Å². The van der Waals surface area contributed by atoms with E-state index in [1.165, 1.54) is 18.6 Å². The van der Waals surface area contributed by atoms with Gasteiger partial charge in [0.1, 0.15) is 5.82 Å². The molecule has 0 N–H and O–H groups in total. The third kappa shape index (κ3) is 2.55. The highest BCUT2D eigenvalue weighted by atomic mass is 19.1. The minimum Gasteiger partial charge on any atom is -0.337 e. The summed E-state index contributed by atoms with van der Waals surface area (Å²) in [5.41, 5.74) is 1.40. The molecule has 1 aliphatic rings. The molecule has 0 spiro atoms. The predicted octanol–water partition coefficient (Wildman–Crippen LogP) is 2.83. The van der Waals surface area contributed by atoms with Gasteiger partial charge in [-0.15, -0.1) is 0 Å². The van der Waals surface area contributed by atoms with Crippen molar-refractivity contribution in [3.8, 4) is 0 Å². The topological polar surface area (TPSA) is 20.3 Å². The van der Waals surface area contributed by atoms with Crippen molar-refractivity contribution in [1.82, 2.24) is 4.90 Å². The number of halogens is 1. The van der Waals surface area contributed by atoms with Gasteiger partial charge < -0.3 is 4.90 Å². The highest BCUT2D eigenvalue weighted by molar-refractivity contribution is 5.98. The Kier molecular flexibility index (Phi) is 3.83. The zero-order chi connectivity index (χ0) is 11.4. The summed E-state index contributed by atoms with van der Waals surface area (Å²) in [4.78, 5) is 12.9. The van der Waals surface area contributed by atoms with Crippen LogP contribution in [0.3, 0.4) is 0 Å². The molecule has 0 bridgehead atoms. The molecule has 1 heterocycles. The fraction of sp³-hybridized carbons (Fsp3) is 0.417. The Morgan fingerprint density at radius 3 is 2.60 bits per heavy atom. The standard InChI is InChI=1S/C9H8FNO.C3H8/c1-11-5-6-2-3-7(10)4-8(6)9(11)12;1-3-2/h2-4H,5H2,1H3;3H2,1-2H3. The Morgan fingerprint density at radius 1 is 1.40 bits per heavy atom. The van der Waals surface area contributed by atoms with Crippen LogP contribution in [0.5, 0.6) is 0 Å². The molecule has 0 saturated heterocycles. The molecule has 1 amide bonds. The van der Waals surface area contributed by atoms with Crippen LogP contribution < -0.4 is 0 Å². The predicted molar refractivity (Wildman–Crippen MR) is 58.2 cm³/mol. The van der Waals surface area contributed by atoms with E-state index >= 15 is 0 Å². The van der Waals surface area contributed by atoms with Crippen molar-refractivity contribution in [2.75, 3.05) is 7.05 Å². The number of amides is 1. The van der Waals surface area contributed by atoms with E-state index in [1.807, 2.05) is 0 Å². The molecule has 1 aliphatic heterocycles. The van der Waals surface area contributed by atoms with Crippen LogP contribution in [-0.2, 0) is 6.54 Å². The summed E-state index contributed by atoms with van der Waals surface area (Å²) in [6.45, 7) is 4.84. The van der Waals surface area contributed by atoms with Crippen molar-refractivity contribution < 1.29 is 9.18 Å². The molecule has 0 unspecified atom stereocenters. The van der Waals surface area contributed by atoms with Gasteiger partial charge >= 0.3 is 0 Å². The van der Waals surface area contributed by atoms with Crippen LogP contribution in [0.1, 0.15) is 36.2 Å². The Hall–Kier alpha value is -1.38. The van der Waals surface area contributed by atoms with E-state index in [0.717, 1.165) is 5.56 Å². The van der Waals surface area contributed by atoms with Crippen LogP contribution in [0.4, 0.5) is 4.39 Å². The smallest absolute Gasteiger partial charge is 0.254 e. The lowest BCUT2D eigenvalue weighted by Crippen LogP contribution is -2.17. The van der Waals surface area contributed by atoms with Crippen LogP contribution in [0.15, 0.2) is 18.2 Å². The number of rotatable bonds is 0. The molecule has 0 saturated carbocycles. The lowest BCUT2D eigenvalue weighted by Gasteiger charge is -2.04. The maximum Gasteiger partial charge on any atom is 0.254 e. The third-order valence-electron chi connectivity index (χ3n) is 2.06. The van der Waals surface area contributed by atoms with Crippen LogP contribution in [0.2, 0.25) is 0 Å². The average Bonchev–Trinajstić information content (AvgIpc) is 2.46. The van der Waals surface area contributed by atoms with Crippen molar-refractivity contribution >= 4 is 5.91 Å². The van der Waals surface area contributed by atoms with Crippen LogP contribution >= 0.6 is 0 Å². The number of nitrogens with zero attached hydrogens (tertiary/aromatic N) is 1. The molecule has 1 aromatic rings. The second-order valence-electron chi connectivity index (χ2n) is 3.67. The van der Waals surface area contributed by atoms with Gasteiger partial charge in [0.25, 0.3) is 5.91 Å². The van der Waals surface area contributed by atoms with E-state index in [0.29, 0.717) is 12.1 Å². The van der Waals surface area contributed by atoms with E-state index in [1.54, 1.807) is 18.0 Å². The number of benzene rings is 1. The molecule has 1 aromatic carbocycles. The van der Waals surface area contributed by atoms with E-state index in [-0.39, 0.29) is 11.7 Å². The Morgan fingerprint density at radius 2 is 2.00 bits per heavy atom. The summed E-state index contributed by atoms with van der Waals surface area (Å²) in [5, 5.41) is 0. The van der Waals surface area contributed by atoms with Crippen LogP contribution in [0.25, 0.3) is 0 Å². The molecule has 0 aromatic heterocycles. The van der Waals surface area contributed by atoms with Gasteiger partial charge in [-0.3, -0.25) is 4.79 Å². The van der Waals surface area contributed by atoms with Gasteiger partial charge in [0.05, 0.1) is 0 Å². The maximum absolute atomic E-state index is 12.7. The number of carbonyl (C=O) groups is 1. The lowest BCUT2D eigenvalue weighted by molar-refractivity contribution is 0.0816. The third-order valence-corrected chi connectivity index (χ3v) is 2.06. The largest absolute Gasteiger partial charge is 0.337 e. The fourth-order valence-electron chi connectivity index (χ4n) is 1.42. The first kappa shape index (κ1) is 11.7. The number of hydrogen-bond donors (Lipinski definition) is 0.